The van der Waals surface area contributed by atoms with Crippen molar-refractivity contribution in [2.24, 2.45) is 0 Å². The molecule has 0 radical (unpaired) electrons. The molecule has 0 bridgehead atoms. The molecule has 12 nitrogen and oxygen atoms in total. The summed E-state index contributed by atoms with van der Waals surface area (Å²) in [5.74, 6) is 0.674. The molecule has 1 unspecified atom stereocenters. The number of hydrogen-bond acceptors (Lipinski definition) is 10. The number of rotatable bonds is 8. The highest BCUT2D eigenvalue weighted by Gasteiger charge is 2.52. The van der Waals surface area contributed by atoms with E-state index in [9.17, 15) is 14.4 Å². The molecule has 2 amide bonds. The molecule has 2 N–H and O–H groups in total. The molecule has 7 rings (SSSR count). The van der Waals surface area contributed by atoms with Crippen LogP contribution in [0.25, 0.3) is 11.1 Å². The van der Waals surface area contributed by atoms with Crippen LogP contribution in [0, 0.1) is 0 Å². The molecule has 2 aromatic heterocycles. The van der Waals surface area contributed by atoms with Crippen LogP contribution in [0.2, 0.25) is 0 Å². The van der Waals surface area contributed by atoms with Gasteiger partial charge in [-0.1, -0.05) is 6.07 Å². The zero-order valence-corrected chi connectivity index (χ0v) is 29.5. The van der Waals surface area contributed by atoms with Crippen LogP contribution < -0.4 is 25.7 Å². The van der Waals surface area contributed by atoms with Gasteiger partial charge in [-0.15, -0.1) is 0 Å². The van der Waals surface area contributed by atoms with Crippen molar-refractivity contribution in [2.75, 3.05) is 22.1 Å². The third-order valence-corrected chi connectivity index (χ3v) is 9.93. The standard InChI is InChI=1S/C38H40BN5O7/c1-22-30-17-34(41-20-31(30)29-12-11-28(16-33(29)49-22)44-13-7-8-35(44)46)42-26-15-27(19-40-18-26)43-36(47)24-9-10-25(21-48-23(2)45)32(14-24)39-50-37(3,4)38(5,6)51-39/h9-12,14-20,22H,7-8,13,21H2,1-6H3,(H,41,42)(H,43,47). The maximum absolute atomic E-state index is 13.5. The van der Waals surface area contributed by atoms with Crippen LogP contribution in [-0.4, -0.2) is 52.6 Å². The van der Waals surface area contributed by atoms with Gasteiger partial charge in [-0.25, -0.2) is 4.98 Å². The lowest BCUT2D eigenvalue weighted by Crippen LogP contribution is -2.41. The van der Waals surface area contributed by atoms with Crippen LogP contribution in [0.3, 0.4) is 0 Å². The minimum Gasteiger partial charge on any atom is -0.485 e. The lowest BCUT2D eigenvalue weighted by molar-refractivity contribution is -0.142. The molecule has 0 saturated carbocycles. The Balaban J connectivity index is 1.08. The average Bonchev–Trinajstić information content (AvgIpc) is 3.61. The van der Waals surface area contributed by atoms with Crippen molar-refractivity contribution in [3.8, 4) is 16.9 Å². The van der Waals surface area contributed by atoms with Crippen molar-refractivity contribution in [1.82, 2.24) is 9.97 Å². The maximum Gasteiger partial charge on any atom is 0.495 e. The maximum atomic E-state index is 13.5. The van der Waals surface area contributed by atoms with Gasteiger partial charge >= 0.3 is 13.1 Å². The molecule has 2 aromatic carbocycles. The van der Waals surface area contributed by atoms with Gasteiger partial charge in [0.25, 0.3) is 5.91 Å². The summed E-state index contributed by atoms with van der Waals surface area (Å²) >= 11 is 0. The van der Waals surface area contributed by atoms with E-state index in [0.717, 1.165) is 41.1 Å². The Bertz CT molecular complexity index is 2040. The van der Waals surface area contributed by atoms with Crippen LogP contribution in [0.5, 0.6) is 5.75 Å². The smallest absolute Gasteiger partial charge is 0.485 e. The number of esters is 1. The second-order valence-corrected chi connectivity index (χ2v) is 14.1. The number of carbonyl (C=O) groups excluding carboxylic acids is 3. The number of fused-ring (bicyclic) bond motifs is 3. The highest BCUT2D eigenvalue weighted by atomic mass is 16.7. The molecule has 3 aliphatic heterocycles. The molecule has 51 heavy (non-hydrogen) atoms. The van der Waals surface area contributed by atoms with Crippen molar-refractivity contribution in [2.45, 2.75) is 78.3 Å². The van der Waals surface area contributed by atoms with Gasteiger partial charge in [-0.2, -0.15) is 0 Å². The Morgan fingerprint density at radius 3 is 2.47 bits per heavy atom. The molecule has 13 heteroatoms. The van der Waals surface area contributed by atoms with Gasteiger partial charge in [0.2, 0.25) is 5.91 Å². The molecular formula is C38H40BN5O7. The number of carbonyl (C=O) groups is 3. The van der Waals surface area contributed by atoms with Gasteiger partial charge in [-0.05, 0) is 88.5 Å². The van der Waals surface area contributed by atoms with E-state index in [1.54, 1.807) is 36.7 Å². The first-order valence-corrected chi connectivity index (χ1v) is 17.0. The van der Waals surface area contributed by atoms with E-state index in [0.29, 0.717) is 40.2 Å². The van der Waals surface area contributed by atoms with E-state index in [2.05, 4.69) is 20.6 Å². The summed E-state index contributed by atoms with van der Waals surface area (Å²) in [6.07, 6.45) is 6.21. The van der Waals surface area contributed by atoms with Gasteiger partial charge < -0.3 is 34.3 Å². The van der Waals surface area contributed by atoms with Crippen LogP contribution in [0.1, 0.15) is 82.0 Å². The van der Waals surface area contributed by atoms with Crippen molar-refractivity contribution in [3.05, 3.63) is 83.8 Å². The van der Waals surface area contributed by atoms with Crippen molar-refractivity contribution >= 4 is 53.2 Å². The number of anilines is 4. The topological polar surface area (TPSA) is 141 Å². The number of ether oxygens (including phenoxy) is 2. The second-order valence-electron chi connectivity index (χ2n) is 14.1. The Hall–Kier alpha value is -5.27. The molecule has 0 spiro atoms. The van der Waals surface area contributed by atoms with Gasteiger partial charge in [-0.3, -0.25) is 19.4 Å². The lowest BCUT2D eigenvalue weighted by atomic mass is 9.75. The zero-order chi connectivity index (χ0) is 36.1. The quantitative estimate of drug-likeness (QED) is 0.165. The summed E-state index contributed by atoms with van der Waals surface area (Å²) in [5, 5.41) is 6.22. The van der Waals surface area contributed by atoms with Crippen molar-refractivity contribution < 1.29 is 33.2 Å². The third kappa shape index (κ3) is 6.78. The van der Waals surface area contributed by atoms with E-state index in [4.69, 9.17) is 18.8 Å². The largest absolute Gasteiger partial charge is 0.495 e. The number of nitrogens with one attached hydrogen (secondary N) is 2. The number of aromatic nitrogens is 2. The summed E-state index contributed by atoms with van der Waals surface area (Å²) < 4.78 is 24.1. The average molecular weight is 690 g/mol. The summed E-state index contributed by atoms with van der Waals surface area (Å²) in [7, 11) is -0.758. The summed E-state index contributed by atoms with van der Waals surface area (Å²) in [6, 6.07) is 14.7. The molecule has 2 saturated heterocycles. The number of benzene rings is 2. The monoisotopic (exact) mass is 689 g/mol. The van der Waals surface area contributed by atoms with Gasteiger partial charge in [0.05, 0.1) is 35.0 Å². The van der Waals surface area contributed by atoms with Gasteiger partial charge in [0, 0.05) is 60.1 Å². The number of nitrogens with zero attached hydrogens (tertiary/aromatic N) is 3. The Morgan fingerprint density at radius 2 is 1.75 bits per heavy atom. The minimum absolute atomic E-state index is 0.0181. The van der Waals surface area contributed by atoms with Gasteiger partial charge in [0.15, 0.2) is 0 Å². The zero-order valence-electron chi connectivity index (χ0n) is 29.5. The molecule has 3 aliphatic rings. The van der Waals surface area contributed by atoms with Crippen LogP contribution in [0.15, 0.2) is 67.1 Å². The fraction of sp³-hybridized carbons (Fsp3) is 0.342. The van der Waals surface area contributed by atoms with Crippen LogP contribution in [-0.2, 0) is 30.2 Å². The minimum atomic E-state index is -0.758. The van der Waals surface area contributed by atoms with Crippen molar-refractivity contribution in [3.63, 3.8) is 0 Å². The van der Waals surface area contributed by atoms with E-state index in [-0.39, 0.29) is 24.5 Å². The SMILES string of the molecule is CC(=O)OCc1ccc(C(=O)Nc2cncc(Nc3cc4c(cn3)-c3ccc(N5CCCC5=O)cc3OC4C)c2)cc1B1OC(C)(C)C(C)(C)O1. The predicted octanol–water partition coefficient (Wildman–Crippen LogP) is 6.08. The molecule has 1 atom stereocenters. The highest BCUT2D eigenvalue weighted by molar-refractivity contribution is 6.62. The van der Waals surface area contributed by atoms with E-state index in [1.165, 1.54) is 6.92 Å². The number of hydrogen-bond donors (Lipinski definition) is 2. The molecule has 5 heterocycles. The first-order chi connectivity index (χ1) is 24.3. The van der Waals surface area contributed by atoms with Crippen LogP contribution >= 0.6 is 0 Å². The molecule has 4 aromatic rings. The number of amides is 2. The summed E-state index contributed by atoms with van der Waals surface area (Å²) in [6.45, 7) is 11.9. The summed E-state index contributed by atoms with van der Waals surface area (Å²) in [4.78, 5) is 48.2. The molecule has 0 aliphatic carbocycles. The van der Waals surface area contributed by atoms with E-state index in [1.807, 2.05) is 70.0 Å². The Labute approximate surface area is 297 Å². The van der Waals surface area contributed by atoms with E-state index >= 15 is 0 Å². The van der Waals surface area contributed by atoms with Gasteiger partial charge in [0.1, 0.15) is 24.3 Å². The first-order valence-electron chi connectivity index (χ1n) is 17.0. The highest BCUT2D eigenvalue weighted by Crippen LogP contribution is 2.45. The fourth-order valence-electron chi connectivity index (χ4n) is 6.44. The normalized spacial score (nSPS) is 18.5. The van der Waals surface area contributed by atoms with E-state index < -0.39 is 24.3 Å². The number of pyridine rings is 2. The third-order valence-electron chi connectivity index (χ3n) is 9.93. The first kappa shape index (κ1) is 34.2. The Kier molecular flexibility index (Phi) is 8.80. The molecular weight excluding hydrogens is 649 g/mol. The molecule has 262 valence electrons. The Morgan fingerprint density at radius 1 is 0.980 bits per heavy atom. The van der Waals surface area contributed by atoms with Crippen LogP contribution in [0.4, 0.5) is 22.9 Å². The summed E-state index contributed by atoms with van der Waals surface area (Å²) in [5.41, 5.74) is 5.26. The fourth-order valence-corrected chi connectivity index (χ4v) is 6.44. The second kappa shape index (κ2) is 13.1. The molecule has 2 fully saturated rings. The predicted molar refractivity (Wildman–Crippen MR) is 193 cm³/mol. The lowest BCUT2D eigenvalue weighted by Gasteiger charge is -2.32. The van der Waals surface area contributed by atoms with Crippen molar-refractivity contribution in [1.29, 1.82) is 0 Å².